The number of hydrogen-bond donors (Lipinski definition) is 2. The largest absolute Gasteiger partial charge is 0.487 e. The van der Waals surface area contributed by atoms with Crippen LogP contribution >= 0.6 is 0 Å². The van der Waals surface area contributed by atoms with Crippen LogP contribution in [0.15, 0.2) is 53.5 Å². The van der Waals surface area contributed by atoms with Crippen LogP contribution in [-0.4, -0.2) is 33.8 Å². The third kappa shape index (κ3) is 4.91. The molecule has 5 rings (SSSR count). The van der Waals surface area contributed by atoms with Gasteiger partial charge in [-0.25, -0.2) is 4.99 Å². The summed E-state index contributed by atoms with van der Waals surface area (Å²) in [6.45, 7) is 7.79. The van der Waals surface area contributed by atoms with E-state index in [1.165, 1.54) is 4.90 Å². The third-order valence-corrected chi connectivity index (χ3v) is 7.43. The number of fused-ring (bicyclic) bond motifs is 1. The summed E-state index contributed by atoms with van der Waals surface area (Å²) in [5.74, 6) is 0.327. The molecule has 2 aliphatic heterocycles. The summed E-state index contributed by atoms with van der Waals surface area (Å²) >= 11 is 0. The van der Waals surface area contributed by atoms with Crippen LogP contribution in [0, 0.1) is 23.2 Å². The first-order valence-electron chi connectivity index (χ1n) is 12.7. The lowest BCUT2D eigenvalue weighted by Crippen LogP contribution is -2.52. The van der Waals surface area contributed by atoms with Crippen molar-refractivity contribution < 1.29 is 14.3 Å². The Balaban J connectivity index is 1.42. The van der Waals surface area contributed by atoms with Crippen LogP contribution in [0.3, 0.4) is 0 Å². The van der Waals surface area contributed by atoms with Crippen molar-refractivity contribution in [3.05, 3.63) is 65.2 Å². The number of nitrogens with one attached hydrogen (secondary N) is 1. The second kappa shape index (κ2) is 8.91. The number of nitrogens with zero attached hydrogens (tertiary/aromatic N) is 3. The van der Waals surface area contributed by atoms with Gasteiger partial charge in [-0.1, -0.05) is 30.3 Å². The van der Waals surface area contributed by atoms with Crippen molar-refractivity contribution in [1.82, 2.24) is 10.2 Å². The van der Waals surface area contributed by atoms with Crippen LogP contribution in [0.25, 0.3) is 0 Å². The summed E-state index contributed by atoms with van der Waals surface area (Å²) in [5, 5.41) is 12.7. The minimum atomic E-state index is -0.583. The minimum Gasteiger partial charge on any atom is -0.487 e. The lowest BCUT2D eigenvalue weighted by Gasteiger charge is -2.39. The molecule has 1 saturated carbocycles. The summed E-state index contributed by atoms with van der Waals surface area (Å²) in [6.07, 6.45) is 1.49. The number of guanidine groups is 1. The Bertz CT molecular complexity index is 1320. The van der Waals surface area contributed by atoms with E-state index in [2.05, 4.69) is 16.4 Å². The summed E-state index contributed by atoms with van der Waals surface area (Å²) < 4.78 is 6.12. The standard InChI is InChI=1S/C29H33N5O3/c1-28(2)15-24(35)34(27(31)33-28)25(18-9-7-8-17(12-18)16-30)20-13-21(20)26(36)32-22-14-29(3,4)37-23-11-6-5-10-19(22)23/h5-12,20-22,25H,13-15H2,1-4H3,(H2,31,33)(H,32,36). The number of hydrogen-bond acceptors (Lipinski definition) is 6. The molecule has 0 saturated heterocycles. The molecule has 4 atom stereocenters. The fourth-order valence-corrected chi connectivity index (χ4v) is 5.74. The van der Waals surface area contributed by atoms with E-state index in [9.17, 15) is 14.9 Å². The van der Waals surface area contributed by atoms with E-state index < -0.39 is 17.2 Å². The number of ether oxygens (including phenoxy) is 1. The molecule has 2 heterocycles. The molecule has 4 unspecified atom stereocenters. The molecule has 0 spiro atoms. The highest BCUT2D eigenvalue weighted by atomic mass is 16.5. The number of nitriles is 1. The van der Waals surface area contributed by atoms with Gasteiger partial charge in [-0.05, 0) is 63.8 Å². The number of nitrogens with two attached hydrogens (primary N) is 1. The van der Waals surface area contributed by atoms with E-state index in [0.29, 0.717) is 18.4 Å². The first-order chi connectivity index (χ1) is 17.5. The van der Waals surface area contributed by atoms with E-state index >= 15 is 0 Å². The maximum absolute atomic E-state index is 13.5. The highest BCUT2D eigenvalue weighted by molar-refractivity contribution is 5.99. The predicted molar refractivity (Wildman–Crippen MR) is 139 cm³/mol. The molecule has 3 aliphatic rings. The Hall–Kier alpha value is -3.86. The average Bonchev–Trinajstić information content (AvgIpc) is 3.60. The molecule has 0 radical (unpaired) electrons. The normalized spacial score (nSPS) is 26.1. The molecule has 192 valence electrons. The number of carbonyl (C=O) groups excluding carboxylic acids is 2. The molecule has 1 aliphatic carbocycles. The number of rotatable bonds is 5. The molecular weight excluding hydrogens is 466 g/mol. The highest BCUT2D eigenvalue weighted by Gasteiger charge is 2.53. The van der Waals surface area contributed by atoms with Crippen LogP contribution in [0.1, 0.15) is 75.7 Å². The number of carbonyl (C=O) groups is 2. The lowest BCUT2D eigenvalue weighted by atomic mass is 9.89. The van der Waals surface area contributed by atoms with Gasteiger partial charge in [0.25, 0.3) is 0 Å². The van der Waals surface area contributed by atoms with Crippen molar-refractivity contribution in [1.29, 1.82) is 5.26 Å². The van der Waals surface area contributed by atoms with Gasteiger partial charge in [0.1, 0.15) is 11.4 Å². The highest BCUT2D eigenvalue weighted by Crippen LogP contribution is 2.52. The number of aliphatic imine (C=N–C) groups is 1. The van der Waals surface area contributed by atoms with Crippen molar-refractivity contribution in [2.75, 3.05) is 0 Å². The van der Waals surface area contributed by atoms with Gasteiger partial charge in [-0.2, -0.15) is 5.26 Å². The van der Waals surface area contributed by atoms with Crippen LogP contribution in [0.4, 0.5) is 0 Å². The Morgan fingerprint density at radius 1 is 1.22 bits per heavy atom. The molecular formula is C29H33N5O3. The molecule has 37 heavy (non-hydrogen) atoms. The van der Waals surface area contributed by atoms with Crippen LogP contribution < -0.4 is 15.8 Å². The second-order valence-electron chi connectivity index (χ2n) is 11.6. The molecule has 1 fully saturated rings. The van der Waals surface area contributed by atoms with Gasteiger partial charge in [-0.3, -0.25) is 14.5 Å². The SMILES string of the molecule is CC1(C)CC(=O)N(C(c2cccc(C#N)c2)C2CC2C(=O)NC2CC(C)(C)Oc3ccccc32)C(N)=N1. The lowest BCUT2D eigenvalue weighted by molar-refractivity contribution is -0.132. The van der Waals surface area contributed by atoms with Gasteiger partial charge in [-0.15, -0.1) is 0 Å². The molecule has 8 nitrogen and oxygen atoms in total. The van der Waals surface area contributed by atoms with Gasteiger partial charge in [0.05, 0.1) is 35.7 Å². The zero-order valence-electron chi connectivity index (χ0n) is 21.7. The first kappa shape index (κ1) is 24.8. The predicted octanol–water partition coefficient (Wildman–Crippen LogP) is 3.98. The third-order valence-electron chi connectivity index (χ3n) is 7.43. The van der Waals surface area contributed by atoms with E-state index in [0.717, 1.165) is 16.9 Å². The first-order valence-corrected chi connectivity index (χ1v) is 12.7. The Morgan fingerprint density at radius 3 is 2.70 bits per heavy atom. The van der Waals surface area contributed by atoms with Crippen LogP contribution in [-0.2, 0) is 9.59 Å². The molecule has 0 aromatic heterocycles. The summed E-state index contributed by atoms with van der Waals surface area (Å²) in [5.41, 5.74) is 7.60. The zero-order valence-corrected chi connectivity index (χ0v) is 21.7. The maximum atomic E-state index is 13.5. The summed E-state index contributed by atoms with van der Waals surface area (Å²) in [4.78, 5) is 33.0. The van der Waals surface area contributed by atoms with E-state index in [1.807, 2.05) is 58.0 Å². The van der Waals surface area contributed by atoms with Crippen molar-refractivity contribution >= 4 is 17.8 Å². The van der Waals surface area contributed by atoms with Crippen molar-refractivity contribution in [3.63, 3.8) is 0 Å². The van der Waals surface area contributed by atoms with Gasteiger partial charge < -0.3 is 15.8 Å². The van der Waals surface area contributed by atoms with Gasteiger partial charge in [0, 0.05) is 17.9 Å². The molecule has 2 aromatic carbocycles. The quantitative estimate of drug-likeness (QED) is 0.645. The maximum Gasteiger partial charge on any atom is 0.232 e. The average molecular weight is 500 g/mol. The molecule has 0 bridgehead atoms. The zero-order chi connectivity index (χ0) is 26.5. The van der Waals surface area contributed by atoms with Crippen molar-refractivity contribution in [2.24, 2.45) is 22.6 Å². The van der Waals surface area contributed by atoms with Gasteiger partial charge >= 0.3 is 0 Å². The van der Waals surface area contributed by atoms with Crippen molar-refractivity contribution in [2.45, 2.75) is 70.2 Å². The van der Waals surface area contributed by atoms with Crippen LogP contribution in [0.5, 0.6) is 5.75 Å². The molecule has 3 N–H and O–H groups in total. The number of para-hydroxylation sites is 1. The topological polar surface area (TPSA) is 121 Å². The molecule has 8 heteroatoms. The summed E-state index contributed by atoms with van der Waals surface area (Å²) in [6, 6.07) is 16.5. The Labute approximate surface area is 217 Å². The molecule has 2 amide bonds. The Kier molecular flexibility index (Phi) is 5.98. The van der Waals surface area contributed by atoms with Crippen molar-refractivity contribution in [3.8, 4) is 11.8 Å². The fourth-order valence-electron chi connectivity index (χ4n) is 5.74. The number of benzene rings is 2. The van der Waals surface area contributed by atoms with E-state index in [-0.39, 0.29) is 42.1 Å². The van der Waals surface area contributed by atoms with Gasteiger partial charge in [0.2, 0.25) is 11.8 Å². The Morgan fingerprint density at radius 2 is 1.97 bits per heavy atom. The smallest absolute Gasteiger partial charge is 0.232 e. The number of amides is 2. The monoisotopic (exact) mass is 499 g/mol. The minimum absolute atomic E-state index is 0.0516. The fraction of sp³-hybridized carbons (Fsp3) is 0.448. The van der Waals surface area contributed by atoms with Crippen LogP contribution in [0.2, 0.25) is 0 Å². The van der Waals surface area contributed by atoms with E-state index in [4.69, 9.17) is 10.5 Å². The van der Waals surface area contributed by atoms with E-state index in [1.54, 1.807) is 18.2 Å². The summed E-state index contributed by atoms with van der Waals surface area (Å²) in [7, 11) is 0. The molecule has 2 aromatic rings. The van der Waals surface area contributed by atoms with Gasteiger partial charge in [0.15, 0.2) is 5.96 Å². The second-order valence-corrected chi connectivity index (χ2v) is 11.6.